The first kappa shape index (κ1) is 13.3. The minimum Gasteiger partial charge on any atom is -0.390 e. The lowest BCUT2D eigenvalue weighted by atomic mass is 10.1. The summed E-state index contributed by atoms with van der Waals surface area (Å²) in [5.41, 5.74) is 0. The number of aliphatic hydroxyl groups excluding tert-OH is 1. The Balaban J connectivity index is 2.19. The van der Waals surface area contributed by atoms with Gasteiger partial charge in [0.15, 0.2) is 0 Å². The highest BCUT2D eigenvalue weighted by Crippen LogP contribution is 2.15. The minimum absolute atomic E-state index is 0.113. The van der Waals surface area contributed by atoms with Gasteiger partial charge >= 0.3 is 0 Å². The van der Waals surface area contributed by atoms with Crippen molar-refractivity contribution in [2.75, 3.05) is 19.8 Å². The maximum atomic E-state index is 12.6. The van der Waals surface area contributed by atoms with Crippen molar-refractivity contribution in [3.8, 4) is 0 Å². The van der Waals surface area contributed by atoms with Crippen molar-refractivity contribution >= 4 is 5.91 Å². The number of alkyl halides is 2. The topological polar surface area (TPSA) is 58.6 Å². The maximum Gasteiger partial charge on any atom is 0.287 e. The van der Waals surface area contributed by atoms with E-state index in [-0.39, 0.29) is 12.5 Å². The third kappa shape index (κ3) is 4.85. The van der Waals surface area contributed by atoms with E-state index < -0.39 is 25.0 Å². The number of halogens is 2. The number of nitrogens with one attached hydrogen (secondary N) is 1. The normalized spacial score (nSPS) is 21.8. The standard InChI is InChI=1S/C10H17F2NO3/c11-10(12,7-14)6-13-9(15)5-8-3-1-2-4-16-8/h8,14H,1-7H2,(H,13,15). The van der Waals surface area contributed by atoms with Crippen LogP contribution in [0, 0.1) is 0 Å². The van der Waals surface area contributed by atoms with Crippen molar-refractivity contribution in [1.82, 2.24) is 5.32 Å². The lowest BCUT2D eigenvalue weighted by Crippen LogP contribution is -2.40. The van der Waals surface area contributed by atoms with E-state index in [1.165, 1.54) is 0 Å². The van der Waals surface area contributed by atoms with Gasteiger partial charge in [-0.25, -0.2) is 8.78 Å². The van der Waals surface area contributed by atoms with Gasteiger partial charge in [-0.05, 0) is 19.3 Å². The van der Waals surface area contributed by atoms with Crippen LogP contribution >= 0.6 is 0 Å². The molecule has 0 saturated carbocycles. The van der Waals surface area contributed by atoms with Crippen molar-refractivity contribution in [1.29, 1.82) is 0 Å². The number of hydrogen-bond donors (Lipinski definition) is 2. The molecule has 1 rings (SSSR count). The molecule has 1 aliphatic rings. The number of ether oxygens (including phenoxy) is 1. The second-order valence-electron chi connectivity index (χ2n) is 3.98. The van der Waals surface area contributed by atoms with Crippen LogP contribution in [0.15, 0.2) is 0 Å². The molecule has 1 unspecified atom stereocenters. The zero-order valence-corrected chi connectivity index (χ0v) is 9.05. The van der Waals surface area contributed by atoms with Crippen molar-refractivity contribution < 1.29 is 23.4 Å². The Bertz CT molecular complexity index is 230. The van der Waals surface area contributed by atoms with Crippen LogP contribution < -0.4 is 5.32 Å². The number of carbonyl (C=O) groups excluding carboxylic acids is 1. The number of carbonyl (C=O) groups is 1. The molecule has 0 aromatic carbocycles. The summed E-state index contributed by atoms with van der Waals surface area (Å²) in [5.74, 6) is -3.71. The average Bonchev–Trinajstić information content (AvgIpc) is 2.28. The van der Waals surface area contributed by atoms with Gasteiger partial charge < -0.3 is 15.2 Å². The fraction of sp³-hybridized carbons (Fsp3) is 0.900. The van der Waals surface area contributed by atoms with E-state index in [2.05, 4.69) is 5.32 Å². The van der Waals surface area contributed by atoms with E-state index in [0.717, 1.165) is 19.3 Å². The number of amides is 1. The molecule has 16 heavy (non-hydrogen) atoms. The largest absolute Gasteiger partial charge is 0.390 e. The molecule has 4 nitrogen and oxygen atoms in total. The predicted molar refractivity (Wildman–Crippen MR) is 53.3 cm³/mol. The van der Waals surface area contributed by atoms with Gasteiger partial charge in [0.1, 0.15) is 6.61 Å². The highest BCUT2D eigenvalue weighted by Gasteiger charge is 2.28. The van der Waals surface area contributed by atoms with E-state index in [4.69, 9.17) is 9.84 Å². The molecule has 1 aliphatic heterocycles. The molecular weight excluding hydrogens is 220 g/mol. The van der Waals surface area contributed by atoms with Crippen molar-refractivity contribution in [3.05, 3.63) is 0 Å². The van der Waals surface area contributed by atoms with Gasteiger partial charge in [-0.3, -0.25) is 4.79 Å². The molecule has 0 bridgehead atoms. The fourth-order valence-electron chi connectivity index (χ4n) is 1.53. The molecule has 0 radical (unpaired) electrons. The molecule has 1 saturated heterocycles. The van der Waals surface area contributed by atoms with Crippen LogP contribution in [0.5, 0.6) is 0 Å². The molecule has 1 heterocycles. The number of hydrogen-bond acceptors (Lipinski definition) is 3. The van der Waals surface area contributed by atoms with E-state index in [1.54, 1.807) is 0 Å². The lowest BCUT2D eigenvalue weighted by molar-refractivity contribution is -0.127. The van der Waals surface area contributed by atoms with Gasteiger partial charge in [0.2, 0.25) is 5.91 Å². The van der Waals surface area contributed by atoms with Crippen molar-refractivity contribution in [3.63, 3.8) is 0 Å². The summed E-state index contributed by atoms with van der Waals surface area (Å²) in [6.07, 6.45) is 2.74. The zero-order valence-electron chi connectivity index (χ0n) is 9.05. The number of rotatable bonds is 5. The Morgan fingerprint density at radius 2 is 2.25 bits per heavy atom. The van der Waals surface area contributed by atoms with Crippen LogP contribution in [0.3, 0.4) is 0 Å². The zero-order chi connectivity index (χ0) is 12.0. The highest BCUT2D eigenvalue weighted by molar-refractivity contribution is 5.76. The van der Waals surface area contributed by atoms with Gasteiger partial charge in [-0.15, -0.1) is 0 Å². The summed E-state index contributed by atoms with van der Waals surface area (Å²) in [6, 6.07) is 0. The van der Waals surface area contributed by atoms with E-state index in [9.17, 15) is 13.6 Å². The van der Waals surface area contributed by atoms with Gasteiger partial charge in [0.05, 0.1) is 19.1 Å². The Hall–Kier alpha value is -0.750. The Morgan fingerprint density at radius 1 is 1.50 bits per heavy atom. The molecular formula is C10H17F2NO3. The average molecular weight is 237 g/mol. The second kappa shape index (κ2) is 6.10. The molecule has 94 valence electrons. The van der Waals surface area contributed by atoms with E-state index in [1.807, 2.05) is 0 Å². The molecule has 1 amide bonds. The molecule has 6 heteroatoms. The van der Waals surface area contributed by atoms with Crippen molar-refractivity contribution in [2.24, 2.45) is 0 Å². The predicted octanol–water partition coefficient (Wildman–Crippen LogP) is 0.689. The first-order chi connectivity index (χ1) is 7.53. The summed E-state index contributed by atoms with van der Waals surface area (Å²) in [7, 11) is 0. The van der Waals surface area contributed by atoms with Gasteiger partial charge in [0, 0.05) is 6.61 Å². The summed E-state index contributed by atoms with van der Waals surface area (Å²) in [6.45, 7) is -1.45. The molecule has 1 atom stereocenters. The van der Waals surface area contributed by atoms with Crippen LogP contribution in [0.1, 0.15) is 25.7 Å². The summed E-state index contributed by atoms with van der Waals surface area (Å²) >= 11 is 0. The van der Waals surface area contributed by atoms with E-state index >= 15 is 0 Å². The minimum atomic E-state index is -3.25. The SMILES string of the molecule is O=C(CC1CCCCO1)NCC(F)(F)CO. The Labute approximate surface area is 93.0 Å². The summed E-state index contributed by atoms with van der Waals surface area (Å²) in [5, 5.41) is 10.4. The first-order valence-electron chi connectivity index (χ1n) is 5.40. The van der Waals surface area contributed by atoms with Crippen LogP contribution in [-0.4, -0.2) is 42.8 Å². The third-order valence-corrected chi connectivity index (χ3v) is 2.46. The fourth-order valence-corrected chi connectivity index (χ4v) is 1.53. The van der Waals surface area contributed by atoms with Crippen LogP contribution in [-0.2, 0) is 9.53 Å². The summed E-state index contributed by atoms with van der Waals surface area (Å²) < 4.78 is 30.5. The number of aliphatic hydroxyl groups is 1. The molecule has 0 aromatic rings. The second-order valence-corrected chi connectivity index (χ2v) is 3.98. The first-order valence-corrected chi connectivity index (χ1v) is 5.40. The lowest BCUT2D eigenvalue weighted by Gasteiger charge is -2.22. The van der Waals surface area contributed by atoms with Gasteiger partial charge in [0.25, 0.3) is 5.92 Å². The molecule has 0 spiro atoms. The maximum absolute atomic E-state index is 12.6. The molecule has 0 aromatic heterocycles. The van der Waals surface area contributed by atoms with Crippen LogP contribution in [0.2, 0.25) is 0 Å². The molecule has 2 N–H and O–H groups in total. The Kier molecular flexibility index (Phi) is 5.08. The molecule has 1 fully saturated rings. The van der Waals surface area contributed by atoms with Crippen LogP contribution in [0.25, 0.3) is 0 Å². The van der Waals surface area contributed by atoms with Gasteiger partial charge in [-0.2, -0.15) is 0 Å². The highest BCUT2D eigenvalue weighted by atomic mass is 19.3. The quantitative estimate of drug-likeness (QED) is 0.739. The van der Waals surface area contributed by atoms with Gasteiger partial charge in [-0.1, -0.05) is 0 Å². The smallest absolute Gasteiger partial charge is 0.287 e. The van der Waals surface area contributed by atoms with Crippen molar-refractivity contribution in [2.45, 2.75) is 37.7 Å². The van der Waals surface area contributed by atoms with E-state index in [0.29, 0.717) is 6.61 Å². The Morgan fingerprint density at radius 3 is 2.81 bits per heavy atom. The van der Waals surface area contributed by atoms with Crippen LogP contribution in [0.4, 0.5) is 8.78 Å². The summed E-state index contributed by atoms with van der Waals surface area (Å²) in [4.78, 5) is 11.3. The third-order valence-electron chi connectivity index (χ3n) is 2.46. The monoisotopic (exact) mass is 237 g/mol. The molecule has 0 aliphatic carbocycles.